The molecule has 118 valence electrons. The minimum Gasteiger partial charge on any atom is -0.206 e. The van der Waals surface area contributed by atoms with Gasteiger partial charge in [0, 0.05) is 4.88 Å². The van der Waals surface area contributed by atoms with E-state index >= 15 is 0 Å². The molecule has 2 aromatic carbocycles. The molecule has 0 nitrogen and oxygen atoms in total. The lowest BCUT2D eigenvalue weighted by Gasteiger charge is -2.08. The number of hydrogen-bond acceptors (Lipinski definition) is 1. The Morgan fingerprint density at radius 3 is 2.00 bits per heavy atom. The summed E-state index contributed by atoms with van der Waals surface area (Å²) >= 11 is 0.732. The second-order valence-electron chi connectivity index (χ2n) is 5.37. The van der Waals surface area contributed by atoms with Gasteiger partial charge in [-0.2, -0.15) is 4.39 Å². The highest BCUT2D eigenvalue weighted by Gasteiger charge is 2.16. The van der Waals surface area contributed by atoms with Crippen LogP contribution in [0.15, 0.2) is 48.5 Å². The van der Waals surface area contributed by atoms with E-state index in [0.29, 0.717) is 5.56 Å². The molecule has 1 heterocycles. The van der Waals surface area contributed by atoms with Crippen molar-refractivity contribution in [2.45, 2.75) is 19.8 Å². The summed E-state index contributed by atoms with van der Waals surface area (Å²) in [4.78, 5) is 0.252. The molecule has 0 radical (unpaired) electrons. The molecule has 0 atom stereocenters. The van der Waals surface area contributed by atoms with Crippen LogP contribution in [0.5, 0.6) is 0 Å². The predicted molar refractivity (Wildman–Crippen MR) is 89.1 cm³/mol. The smallest absolute Gasteiger partial charge is 0.176 e. The summed E-state index contributed by atoms with van der Waals surface area (Å²) in [6.45, 7) is 2.10. The van der Waals surface area contributed by atoms with Crippen LogP contribution in [0.1, 0.15) is 18.9 Å². The van der Waals surface area contributed by atoms with E-state index in [0.717, 1.165) is 29.7 Å². The van der Waals surface area contributed by atoms with Crippen LogP contribution in [0.2, 0.25) is 0 Å². The van der Waals surface area contributed by atoms with Crippen molar-refractivity contribution in [3.63, 3.8) is 0 Å². The zero-order chi connectivity index (χ0) is 16.4. The van der Waals surface area contributed by atoms with Crippen molar-refractivity contribution in [2.75, 3.05) is 0 Å². The molecule has 3 rings (SSSR count). The van der Waals surface area contributed by atoms with Gasteiger partial charge in [0.2, 0.25) is 0 Å². The molecule has 0 saturated carbocycles. The van der Waals surface area contributed by atoms with Crippen LogP contribution in [0.4, 0.5) is 13.2 Å². The number of halogens is 3. The second kappa shape index (κ2) is 6.59. The maximum Gasteiger partial charge on any atom is 0.176 e. The Morgan fingerprint density at radius 2 is 1.48 bits per heavy atom. The summed E-state index contributed by atoms with van der Waals surface area (Å²) in [5.74, 6) is -1.36. The van der Waals surface area contributed by atoms with Crippen molar-refractivity contribution in [2.24, 2.45) is 0 Å². The van der Waals surface area contributed by atoms with Gasteiger partial charge < -0.3 is 0 Å². The minimum atomic E-state index is -0.681. The third-order valence-electron chi connectivity index (χ3n) is 3.69. The van der Waals surface area contributed by atoms with Gasteiger partial charge in [0.25, 0.3) is 0 Å². The van der Waals surface area contributed by atoms with Gasteiger partial charge in [0.05, 0.1) is 5.56 Å². The standard InChI is InChI=1S/C19H15F3S/c1-2-3-12-4-6-13(7-5-12)14-10-15(20)19(16(21)11-14)17-8-9-18(22)23-17/h4-11H,2-3H2,1H3. The molecule has 3 aromatic rings. The number of thiophene rings is 1. The first kappa shape index (κ1) is 15.8. The van der Waals surface area contributed by atoms with Gasteiger partial charge in [-0.15, -0.1) is 11.3 Å². The molecule has 0 unspecified atom stereocenters. The van der Waals surface area contributed by atoms with Crippen molar-refractivity contribution in [3.8, 4) is 21.6 Å². The molecule has 0 amide bonds. The molecule has 0 fully saturated rings. The maximum atomic E-state index is 14.3. The van der Waals surface area contributed by atoms with Crippen LogP contribution in [0.3, 0.4) is 0 Å². The lowest BCUT2D eigenvalue weighted by molar-refractivity contribution is 0.591. The number of aryl methyl sites for hydroxylation is 1. The lowest BCUT2D eigenvalue weighted by Crippen LogP contribution is -1.91. The van der Waals surface area contributed by atoms with Gasteiger partial charge in [-0.3, -0.25) is 0 Å². The van der Waals surface area contributed by atoms with Crippen molar-refractivity contribution in [1.82, 2.24) is 0 Å². The van der Waals surface area contributed by atoms with Gasteiger partial charge in [-0.25, -0.2) is 8.78 Å². The molecular weight excluding hydrogens is 317 g/mol. The van der Waals surface area contributed by atoms with Crippen LogP contribution < -0.4 is 0 Å². The maximum absolute atomic E-state index is 14.3. The second-order valence-corrected chi connectivity index (χ2v) is 6.40. The summed E-state index contributed by atoms with van der Waals surface area (Å²) < 4.78 is 41.8. The Hall–Kier alpha value is -2.07. The highest BCUT2D eigenvalue weighted by molar-refractivity contribution is 7.13. The quantitative estimate of drug-likeness (QED) is 0.515. The molecule has 0 bridgehead atoms. The van der Waals surface area contributed by atoms with Crippen LogP contribution >= 0.6 is 11.3 Å². The zero-order valence-electron chi connectivity index (χ0n) is 12.6. The van der Waals surface area contributed by atoms with Gasteiger partial charge in [-0.05, 0) is 47.4 Å². The summed E-state index contributed by atoms with van der Waals surface area (Å²) in [5.41, 5.74) is 2.25. The average Bonchev–Trinajstić information content (AvgIpc) is 2.94. The van der Waals surface area contributed by atoms with E-state index in [1.807, 2.05) is 24.3 Å². The first-order valence-corrected chi connectivity index (χ1v) is 8.24. The zero-order valence-corrected chi connectivity index (χ0v) is 13.4. The molecule has 0 saturated heterocycles. The molecule has 4 heteroatoms. The van der Waals surface area contributed by atoms with E-state index in [1.165, 1.54) is 29.8 Å². The SMILES string of the molecule is CCCc1ccc(-c2cc(F)c(-c3ccc(F)s3)c(F)c2)cc1. The Balaban J connectivity index is 1.99. The molecule has 23 heavy (non-hydrogen) atoms. The summed E-state index contributed by atoms with van der Waals surface area (Å²) in [7, 11) is 0. The van der Waals surface area contributed by atoms with Gasteiger partial charge in [0.1, 0.15) is 11.6 Å². The van der Waals surface area contributed by atoms with E-state index in [1.54, 1.807) is 0 Å². The first-order chi connectivity index (χ1) is 11.1. The van der Waals surface area contributed by atoms with Gasteiger partial charge in [0.15, 0.2) is 5.13 Å². The molecule has 1 aromatic heterocycles. The van der Waals surface area contributed by atoms with Crippen LogP contribution in [-0.2, 0) is 6.42 Å². The van der Waals surface area contributed by atoms with E-state index in [2.05, 4.69) is 6.92 Å². The van der Waals surface area contributed by atoms with Gasteiger partial charge >= 0.3 is 0 Å². The van der Waals surface area contributed by atoms with E-state index < -0.39 is 16.8 Å². The number of hydrogen-bond donors (Lipinski definition) is 0. The monoisotopic (exact) mass is 332 g/mol. The van der Waals surface area contributed by atoms with Crippen LogP contribution in [0.25, 0.3) is 21.6 Å². The largest absolute Gasteiger partial charge is 0.206 e. The van der Waals surface area contributed by atoms with Crippen LogP contribution in [-0.4, -0.2) is 0 Å². The molecule has 0 spiro atoms. The van der Waals surface area contributed by atoms with Gasteiger partial charge in [-0.1, -0.05) is 37.6 Å². The third-order valence-corrected chi connectivity index (χ3v) is 4.58. The Labute approximate surface area is 137 Å². The molecule has 0 aliphatic rings. The first-order valence-electron chi connectivity index (χ1n) is 7.42. The Morgan fingerprint density at radius 1 is 0.826 bits per heavy atom. The van der Waals surface area contributed by atoms with Crippen molar-refractivity contribution >= 4 is 11.3 Å². The normalized spacial score (nSPS) is 11.0. The molecule has 0 aliphatic heterocycles. The van der Waals surface area contributed by atoms with Crippen molar-refractivity contribution in [3.05, 3.63) is 70.9 Å². The minimum absolute atomic E-state index is 0.176. The summed E-state index contributed by atoms with van der Waals surface area (Å²) in [6.07, 6.45) is 2.03. The topological polar surface area (TPSA) is 0 Å². The molecular formula is C19H15F3S. The predicted octanol–water partition coefficient (Wildman–Crippen LogP) is 6.45. The lowest BCUT2D eigenvalue weighted by atomic mass is 10.00. The third kappa shape index (κ3) is 3.32. The van der Waals surface area contributed by atoms with E-state index in [4.69, 9.17) is 0 Å². The highest BCUT2D eigenvalue weighted by atomic mass is 32.1. The van der Waals surface area contributed by atoms with E-state index in [-0.39, 0.29) is 10.4 Å². The molecule has 0 N–H and O–H groups in total. The van der Waals surface area contributed by atoms with Crippen molar-refractivity contribution in [1.29, 1.82) is 0 Å². The number of rotatable bonds is 4. The molecule has 0 aliphatic carbocycles. The fraction of sp³-hybridized carbons (Fsp3) is 0.158. The fourth-order valence-corrected chi connectivity index (χ4v) is 3.36. The highest BCUT2D eigenvalue weighted by Crippen LogP contribution is 2.34. The van der Waals surface area contributed by atoms with Crippen LogP contribution in [0, 0.1) is 16.8 Å². The fourth-order valence-electron chi connectivity index (χ4n) is 2.58. The van der Waals surface area contributed by atoms with E-state index in [9.17, 15) is 13.2 Å². The van der Waals surface area contributed by atoms with Crippen molar-refractivity contribution < 1.29 is 13.2 Å². The summed E-state index contributed by atoms with van der Waals surface area (Å²) in [6, 6.07) is 12.9. The Bertz CT molecular complexity index is 796. The Kier molecular flexibility index (Phi) is 4.53. The summed E-state index contributed by atoms with van der Waals surface area (Å²) in [5, 5.41) is -0.464. The number of benzene rings is 2. The average molecular weight is 332 g/mol.